The minimum Gasteiger partial charge on any atom is -0.491 e. The fourth-order valence-electron chi connectivity index (χ4n) is 1.53. The van der Waals surface area contributed by atoms with Crippen LogP contribution in [0.1, 0.15) is 6.92 Å². The first-order valence-corrected chi connectivity index (χ1v) is 8.44. The van der Waals surface area contributed by atoms with E-state index in [0.717, 1.165) is 0 Å². The van der Waals surface area contributed by atoms with Crippen LogP contribution in [0.15, 0.2) is 24.3 Å². The molecule has 0 heterocycles. The zero-order valence-corrected chi connectivity index (χ0v) is 13.2. The van der Waals surface area contributed by atoms with Crippen LogP contribution in [0.5, 0.6) is 5.75 Å². The van der Waals surface area contributed by atoms with Gasteiger partial charge in [0.15, 0.2) is 0 Å². The predicted octanol–water partition coefficient (Wildman–Crippen LogP) is 2.33. The highest BCUT2D eigenvalue weighted by molar-refractivity contribution is 7.92. The number of ether oxygens (including phenoxy) is 2. The molecule has 0 saturated heterocycles. The number of anilines is 1. The van der Waals surface area contributed by atoms with Crippen LogP contribution in [0, 0.1) is 5.92 Å². The van der Waals surface area contributed by atoms with E-state index in [-0.39, 0.29) is 11.7 Å². The lowest BCUT2D eigenvalue weighted by atomic mass is 10.3. The summed E-state index contributed by atoms with van der Waals surface area (Å²) in [5.41, 5.74) is 0.474. The van der Waals surface area contributed by atoms with Gasteiger partial charge in [-0.3, -0.25) is 4.72 Å². The zero-order valence-electron chi connectivity index (χ0n) is 11.6. The van der Waals surface area contributed by atoms with Gasteiger partial charge in [0.2, 0.25) is 10.0 Å². The molecule has 0 aromatic heterocycles. The minimum atomic E-state index is -3.40. The van der Waals surface area contributed by atoms with Crippen LogP contribution in [0.25, 0.3) is 0 Å². The van der Waals surface area contributed by atoms with E-state index < -0.39 is 10.0 Å². The summed E-state index contributed by atoms with van der Waals surface area (Å²) in [5, 5.41) is 0. The fraction of sp³-hybridized carbons (Fsp3) is 0.538. The topological polar surface area (TPSA) is 64.6 Å². The molecular formula is C13H20ClNO4S. The smallest absolute Gasteiger partial charge is 0.233 e. The van der Waals surface area contributed by atoms with Crippen molar-refractivity contribution in [2.24, 2.45) is 5.92 Å². The van der Waals surface area contributed by atoms with Gasteiger partial charge in [0.1, 0.15) is 12.4 Å². The van der Waals surface area contributed by atoms with Gasteiger partial charge in [-0.15, -0.1) is 11.6 Å². The summed E-state index contributed by atoms with van der Waals surface area (Å²) in [4.78, 5) is 0. The zero-order chi connectivity index (χ0) is 15.0. The van der Waals surface area contributed by atoms with Gasteiger partial charge in [0, 0.05) is 19.1 Å². The summed E-state index contributed by atoms with van der Waals surface area (Å²) in [7, 11) is -1.81. The highest BCUT2D eigenvalue weighted by Crippen LogP contribution is 2.19. The van der Waals surface area contributed by atoms with Gasteiger partial charge in [-0.05, 0) is 18.1 Å². The van der Waals surface area contributed by atoms with E-state index in [1.165, 1.54) is 0 Å². The van der Waals surface area contributed by atoms with Crippen molar-refractivity contribution >= 4 is 27.3 Å². The second kappa shape index (κ2) is 8.34. The molecule has 0 spiro atoms. The molecule has 1 aromatic rings. The second-order valence-electron chi connectivity index (χ2n) is 4.51. The average molecular weight is 322 g/mol. The van der Waals surface area contributed by atoms with Crippen molar-refractivity contribution in [3.63, 3.8) is 0 Å². The van der Waals surface area contributed by atoms with E-state index in [0.29, 0.717) is 30.5 Å². The molecule has 114 valence electrons. The third-order valence-electron chi connectivity index (χ3n) is 2.43. The number of methoxy groups -OCH3 is 1. The van der Waals surface area contributed by atoms with Gasteiger partial charge in [0.05, 0.1) is 18.0 Å². The van der Waals surface area contributed by atoms with Gasteiger partial charge in [0.25, 0.3) is 0 Å². The lowest BCUT2D eigenvalue weighted by Gasteiger charge is -2.12. The average Bonchev–Trinajstić information content (AvgIpc) is 2.38. The van der Waals surface area contributed by atoms with E-state index in [1.807, 2.05) is 0 Å². The quantitative estimate of drug-likeness (QED) is 0.560. The van der Waals surface area contributed by atoms with E-state index in [4.69, 9.17) is 21.1 Å². The maximum Gasteiger partial charge on any atom is 0.233 e. The molecule has 1 rings (SSSR count). The highest BCUT2D eigenvalue weighted by atomic mass is 35.5. The number of hydrogen-bond donors (Lipinski definition) is 1. The van der Waals surface area contributed by atoms with Gasteiger partial charge in [-0.25, -0.2) is 8.42 Å². The van der Waals surface area contributed by atoms with E-state index in [2.05, 4.69) is 4.72 Å². The minimum absolute atomic E-state index is 0.00867. The summed E-state index contributed by atoms with van der Waals surface area (Å²) >= 11 is 5.63. The van der Waals surface area contributed by atoms with Crippen LogP contribution < -0.4 is 9.46 Å². The Bertz CT molecular complexity index is 507. The third-order valence-corrected chi connectivity index (χ3v) is 4.51. The first-order valence-electron chi connectivity index (χ1n) is 6.25. The third kappa shape index (κ3) is 6.45. The Hall–Kier alpha value is -0.980. The van der Waals surface area contributed by atoms with Gasteiger partial charge in [-0.2, -0.15) is 0 Å². The molecule has 0 fully saturated rings. The Labute approximate surface area is 125 Å². The molecule has 0 bridgehead atoms. The molecule has 0 amide bonds. The van der Waals surface area contributed by atoms with Crippen molar-refractivity contribution < 1.29 is 17.9 Å². The molecule has 0 aliphatic rings. The van der Waals surface area contributed by atoms with Crippen LogP contribution in [0.2, 0.25) is 0 Å². The first-order chi connectivity index (χ1) is 9.46. The molecule has 0 aliphatic carbocycles. The maximum absolute atomic E-state index is 11.9. The summed E-state index contributed by atoms with van der Waals surface area (Å²) in [6.45, 7) is 2.68. The molecule has 7 heteroatoms. The fourth-order valence-corrected chi connectivity index (χ4v) is 3.21. The summed E-state index contributed by atoms with van der Waals surface area (Å²) in [6.07, 6.45) is 0. The first kappa shape index (κ1) is 17.1. The molecule has 0 radical (unpaired) electrons. The molecule has 0 saturated carbocycles. The Morgan fingerprint density at radius 2 is 2.10 bits per heavy atom. The van der Waals surface area contributed by atoms with Crippen LogP contribution in [-0.4, -0.2) is 40.4 Å². The molecule has 5 nitrogen and oxygen atoms in total. The van der Waals surface area contributed by atoms with Crippen LogP contribution in [0.4, 0.5) is 5.69 Å². The van der Waals surface area contributed by atoms with Gasteiger partial charge < -0.3 is 9.47 Å². The SMILES string of the molecule is COCCOc1cccc(NS(=O)(=O)CC(C)CCl)c1. The molecule has 20 heavy (non-hydrogen) atoms. The standard InChI is InChI=1S/C13H20ClNO4S/c1-11(9-14)10-20(16,17)15-12-4-3-5-13(8-12)19-7-6-18-2/h3-5,8,11,15H,6-7,9-10H2,1-2H3. The van der Waals surface area contributed by atoms with Crippen molar-refractivity contribution in [2.45, 2.75) is 6.92 Å². The van der Waals surface area contributed by atoms with Crippen molar-refractivity contribution in [2.75, 3.05) is 36.7 Å². The van der Waals surface area contributed by atoms with E-state index in [1.54, 1.807) is 38.3 Å². The number of benzene rings is 1. The predicted molar refractivity (Wildman–Crippen MR) is 81.1 cm³/mol. The molecule has 1 unspecified atom stereocenters. The van der Waals surface area contributed by atoms with Crippen molar-refractivity contribution in [3.8, 4) is 5.75 Å². The number of rotatable bonds is 9. The number of alkyl halides is 1. The molecule has 1 aromatic carbocycles. The normalized spacial score (nSPS) is 12.9. The Morgan fingerprint density at radius 3 is 2.75 bits per heavy atom. The molecule has 0 aliphatic heterocycles. The Balaban J connectivity index is 2.65. The molecule has 1 atom stereocenters. The van der Waals surface area contributed by atoms with Crippen LogP contribution in [-0.2, 0) is 14.8 Å². The van der Waals surface area contributed by atoms with Gasteiger partial charge >= 0.3 is 0 Å². The highest BCUT2D eigenvalue weighted by Gasteiger charge is 2.15. The number of halogens is 1. The number of hydrogen-bond acceptors (Lipinski definition) is 4. The van der Waals surface area contributed by atoms with Gasteiger partial charge in [-0.1, -0.05) is 13.0 Å². The van der Waals surface area contributed by atoms with Crippen LogP contribution in [0.3, 0.4) is 0 Å². The van der Waals surface area contributed by atoms with Crippen LogP contribution >= 0.6 is 11.6 Å². The Morgan fingerprint density at radius 1 is 1.35 bits per heavy atom. The largest absolute Gasteiger partial charge is 0.491 e. The van der Waals surface area contributed by atoms with E-state index in [9.17, 15) is 8.42 Å². The summed E-state index contributed by atoms with van der Waals surface area (Å²) in [6, 6.07) is 6.80. The molecule has 1 N–H and O–H groups in total. The second-order valence-corrected chi connectivity index (χ2v) is 6.59. The maximum atomic E-state index is 11.9. The lowest BCUT2D eigenvalue weighted by Crippen LogP contribution is -2.22. The number of nitrogens with one attached hydrogen (secondary N) is 1. The van der Waals surface area contributed by atoms with E-state index >= 15 is 0 Å². The monoisotopic (exact) mass is 321 g/mol. The summed E-state index contributed by atoms with van der Waals surface area (Å²) in [5.74, 6) is 0.787. The molecular weight excluding hydrogens is 302 g/mol. The summed E-state index contributed by atoms with van der Waals surface area (Å²) < 4.78 is 36.6. The van der Waals surface area contributed by atoms with Crippen molar-refractivity contribution in [3.05, 3.63) is 24.3 Å². The number of sulfonamides is 1. The Kier molecular flexibility index (Phi) is 7.12. The van der Waals surface area contributed by atoms with Crippen molar-refractivity contribution in [1.29, 1.82) is 0 Å². The van der Waals surface area contributed by atoms with Crippen molar-refractivity contribution in [1.82, 2.24) is 0 Å². The lowest BCUT2D eigenvalue weighted by molar-refractivity contribution is 0.146.